The van der Waals surface area contributed by atoms with E-state index in [0.29, 0.717) is 12.0 Å². The molecule has 1 saturated heterocycles. The van der Waals surface area contributed by atoms with Crippen molar-refractivity contribution in [3.8, 4) is 0 Å². The third kappa shape index (κ3) is 3.96. The summed E-state index contributed by atoms with van der Waals surface area (Å²) in [6.45, 7) is 6.70. The van der Waals surface area contributed by atoms with Gasteiger partial charge in [0.25, 0.3) is 0 Å². The zero-order chi connectivity index (χ0) is 15.2. The van der Waals surface area contributed by atoms with Crippen LogP contribution in [0.5, 0.6) is 0 Å². The predicted octanol–water partition coefficient (Wildman–Crippen LogP) is 3.65. The smallest absolute Gasteiger partial charge is 0.0208 e. The van der Waals surface area contributed by atoms with Crippen LogP contribution in [-0.4, -0.2) is 30.6 Å². The molecule has 3 rings (SSSR count). The molecule has 0 aliphatic carbocycles. The highest BCUT2D eigenvalue weighted by Gasteiger charge is 2.26. The number of likely N-dealkylation sites (tertiary alicyclic amines) is 1. The van der Waals surface area contributed by atoms with Crippen LogP contribution in [0.15, 0.2) is 60.7 Å². The van der Waals surface area contributed by atoms with E-state index in [4.69, 9.17) is 0 Å². The lowest BCUT2D eigenvalue weighted by Crippen LogP contribution is -2.48. The summed E-state index contributed by atoms with van der Waals surface area (Å²) in [4.78, 5) is 2.57. The van der Waals surface area contributed by atoms with Crippen LogP contribution < -0.4 is 5.32 Å². The zero-order valence-corrected chi connectivity index (χ0v) is 13.4. The largest absolute Gasteiger partial charge is 0.309 e. The lowest BCUT2D eigenvalue weighted by Gasteiger charge is -2.38. The summed E-state index contributed by atoms with van der Waals surface area (Å²) in [6, 6.07) is 22.2. The predicted molar refractivity (Wildman–Crippen MR) is 93.0 cm³/mol. The van der Waals surface area contributed by atoms with Gasteiger partial charge in [-0.15, -0.1) is 0 Å². The molecular weight excluding hydrogens is 268 g/mol. The van der Waals surface area contributed by atoms with Gasteiger partial charge in [0.05, 0.1) is 0 Å². The molecule has 2 aromatic carbocycles. The molecule has 2 nitrogen and oxygen atoms in total. The van der Waals surface area contributed by atoms with Crippen molar-refractivity contribution in [3.63, 3.8) is 0 Å². The number of benzene rings is 2. The highest BCUT2D eigenvalue weighted by atomic mass is 15.2. The summed E-state index contributed by atoms with van der Waals surface area (Å²) in [5, 5.41) is 3.76. The molecule has 0 radical (unpaired) electrons. The molecule has 22 heavy (non-hydrogen) atoms. The molecule has 1 aliphatic heterocycles. The first-order valence-corrected chi connectivity index (χ1v) is 8.39. The first-order chi connectivity index (χ1) is 10.8. The Bertz CT molecular complexity index is 552. The highest BCUT2D eigenvalue weighted by Crippen LogP contribution is 2.27. The number of nitrogens with one attached hydrogen (secondary N) is 1. The average Bonchev–Trinajstić information content (AvgIpc) is 2.61. The van der Waals surface area contributed by atoms with Crippen LogP contribution in [0.25, 0.3) is 0 Å². The second-order valence-electron chi connectivity index (χ2n) is 6.26. The van der Waals surface area contributed by atoms with Crippen molar-refractivity contribution in [2.24, 2.45) is 0 Å². The van der Waals surface area contributed by atoms with E-state index in [1.807, 2.05) is 0 Å². The molecule has 2 heteroatoms. The summed E-state index contributed by atoms with van der Waals surface area (Å²) in [7, 11) is 0. The van der Waals surface area contributed by atoms with Gasteiger partial charge < -0.3 is 10.2 Å². The molecule has 2 unspecified atom stereocenters. The van der Waals surface area contributed by atoms with E-state index in [0.717, 1.165) is 19.6 Å². The van der Waals surface area contributed by atoms with E-state index >= 15 is 0 Å². The van der Waals surface area contributed by atoms with Crippen molar-refractivity contribution in [2.45, 2.75) is 31.8 Å². The molecule has 0 spiro atoms. The normalized spacial score (nSPS) is 22.6. The quantitative estimate of drug-likeness (QED) is 0.905. The summed E-state index contributed by atoms with van der Waals surface area (Å²) < 4.78 is 0. The van der Waals surface area contributed by atoms with Crippen molar-refractivity contribution in [1.82, 2.24) is 10.2 Å². The monoisotopic (exact) mass is 294 g/mol. The Balaban J connectivity index is 1.63. The van der Waals surface area contributed by atoms with Crippen LogP contribution in [-0.2, 0) is 6.54 Å². The van der Waals surface area contributed by atoms with E-state index in [9.17, 15) is 0 Å². The summed E-state index contributed by atoms with van der Waals surface area (Å²) >= 11 is 0. The number of hydrogen-bond acceptors (Lipinski definition) is 2. The lowest BCUT2D eigenvalue weighted by atomic mass is 9.88. The fraction of sp³-hybridized carbons (Fsp3) is 0.400. The number of piperidine rings is 1. The standard InChI is InChI=1S/C20H26N2/c1-2-22-15-19(18-11-7-4-8-12-18)13-20(16-22)21-14-17-9-5-3-6-10-17/h3-12,19-21H,2,13-16H2,1H3. The second kappa shape index (κ2) is 7.57. The Kier molecular flexibility index (Phi) is 5.25. The number of nitrogens with zero attached hydrogens (tertiary/aromatic N) is 1. The van der Waals surface area contributed by atoms with Crippen molar-refractivity contribution in [3.05, 3.63) is 71.8 Å². The molecule has 2 atom stereocenters. The van der Waals surface area contributed by atoms with Crippen molar-refractivity contribution >= 4 is 0 Å². The average molecular weight is 294 g/mol. The molecule has 2 aromatic rings. The molecule has 1 fully saturated rings. The number of hydrogen-bond donors (Lipinski definition) is 1. The van der Waals surface area contributed by atoms with E-state index in [1.165, 1.54) is 24.1 Å². The molecular formula is C20H26N2. The topological polar surface area (TPSA) is 15.3 Å². The first kappa shape index (κ1) is 15.3. The molecule has 0 bridgehead atoms. The van der Waals surface area contributed by atoms with Gasteiger partial charge in [0.15, 0.2) is 0 Å². The first-order valence-electron chi connectivity index (χ1n) is 8.39. The molecule has 116 valence electrons. The molecule has 0 saturated carbocycles. The summed E-state index contributed by atoms with van der Waals surface area (Å²) in [5.41, 5.74) is 2.85. The van der Waals surface area contributed by atoms with Gasteiger partial charge in [0.1, 0.15) is 0 Å². The summed E-state index contributed by atoms with van der Waals surface area (Å²) in [5.74, 6) is 0.642. The van der Waals surface area contributed by atoms with E-state index < -0.39 is 0 Å². The molecule has 0 aromatic heterocycles. The van der Waals surface area contributed by atoms with Gasteiger partial charge in [-0.3, -0.25) is 0 Å². The van der Waals surface area contributed by atoms with Crippen LogP contribution in [0, 0.1) is 0 Å². The van der Waals surface area contributed by atoms with E-state index in [1.54, 1.807) is 0 Å². The minimum absolute atomic E-state index is 0.569. The van der Waals surface area contributed by atoms with Crippen LogP contribution >= 0.6 is 0 Å². The Labute approximate surface area is 134 Å². The molecule has 1 N–H and O–H groups in total. The van der Waals surface area contributed by atoms with Crippen LogP contribution in [0.1, 0.15) is 30.4 Å². The van der Waals surface area contributed by atoms with Crippen molar-refractivity contribution < 1.29 is 0 Å². The maximum absolute atomic E-state index is 3.76. The van der Waals surface area contributed by atoms with Gasteiger partial charge in [-0.25, -0.2) is 0 Å². The van der Waals surface area contributed by atoms with Gasteiger partial charge in [0.2, 0.25) is 0 Å². The van der Waals surface area contributed by atoms with Crippen LogP contribution in [0.2, 0.25) is 0 Å². The van der Waals surface area contributed by atoms with Gasteiger partial charge in [0, 0.05) is 25.7 Å². The minimum Gasteiger partial charge on any atom is -0.309 e. The zero-order valence-electron chi connectivity index (χ0n) is 13.4. The highest BCUT2D eigenvalue weighted by molar-refractivity contribution is 5.21. The van der Waals surface area contributed by atoms with Gasteiger partial charge >= 0.3 is 0 Å². The van der Waals surface area contributed by atoms with E-state index in [2.05, 4.69) is 77.8 Å². The van der Waals surface area contributed by atoms with Gasteiger partial charge in [-0.05, 0) is 30.0 Å². The Morgan fingerprint density at radius 3 is 2.32 bits per heavy atom. The third-order valence-corrected chi connectivity index (χ3v) is 4.68. The third-order valence-electron chi connectivity index (χ3n) is 4.68. The summed E-state index contributed by atoms with van der Waals surface area (Å²) in [6.07, 6.45) is 1.23. The van der Waals surface area contributed by atoms with Gasteiger partial charge in [-0.2, -0.15) is 0 Å². The fourth-order valence-corrected chi connectivity index (χ4v) is 3.42. The Hall–Kier alpha value is -1.64. The molecule has 1 aliphatic rings. The van der Waals surface area contributed by atoms with Crippen molar-refractivity contribution in [1.29, 1.82) is 0 Å². The number of rotatable bonds is 5. The van der Waals surface area contributed by atoms with E-state index in [-0.39, 0.29) is 0 Å². The second-order valence-corrected chi connectivity index (χ2v) is 6.26. The Morgan fingerprint density at radius 2 is 1.64 bits per heavy atom. The SMILES string of the molecule is CCN1CC(NCc2ccccc2)CC(c2ccccc2)C1. The molecule has 0 amide bonds. The lowest BCUT2D eigenvalue weighted by molar-refractivity contribution is 0.178. The molecule has 1 heterocycles. The Morgan fingerprint density at radius 1 is 0.955 bits per heavy atom. The maximum Gasteiger partial charge on any atom is 0.0208 e. The number of likely N-dealkylation sites (N-methyl/N-ethyl adjacent to an activating group) is 1. The van der Waals surface area contributed by atoms with Gasteiger partial charge in [-0.1, -0.05) is 67.6 Å². The van der Waals surface area contributed by atoms with Crippen molar-refractivity contribution in [2.75, 3.05) is 19.6 Å². The van der Waals surface area contributed by atoms with Crippen LogP contribution in [0.3, 0.4) is 0 Å². The fourth-order valence-electron chi connectivity index (χ4n) is 3.42. The van der Waals surface area contributed by atoms with Crippen LogP contribution in [0.4, 0.5) is 0 Å². The minimum atomic E-state index is 0.569. The maximum atomic E-state index is 3.76.